The predicted molar refractivity (Wildman–Crippen MR) is 114 cm³/mol. The van der Waals surface area contributed by atoms with Crippen molar-refractivity contribution in [3.05, 3.63) is 76.2 Å². The Balaban J connectivity index is 1.90. The van der Waals surface area contributed by atoms with Crippen LogP contribution in [0.1, 0.15) is 27.6 Å². The largest absolute Gasteiger partial charge is 0.493 e. The van der Waals surface area contributed by atoms with Crippen LogP contribution < -0.4 is 9.47 Å². The van der Waals surface area contributed by atoms with Crippen LogP contribution in [-0.4, -0.2) is 33.5 Å². The highest BCUT2D eigenvalue weighted by Crippen LogP contribution is 2.43. The number of rotatable bonds is 5. The van der Waals surface area contributed by atoms with Crippen molar-refractivity contribution in [2.24, 2.45) is 0 Å². The van der Waals surface area contributed by atoms with Crippen LogP contribution in [0, 0.1) is 6.92 Å². The molecule has 1 aliphatic heterocycles. The lowest BCUT2D eigenvalue weighted by Crippen LogP contribution is -2.40. The van der Waals surface area contributed by atoms with Crippen LogP contribution in [0.3, 0.4) is 0 Å². The summed E-state index contributed by atoms with van der Waals surface area (Å²) in [5.41, 5.74) is 2.93. The maximum atomic E-state index is 13.6. The van der Waals surface area contributed by atoms with E-state index in [1.54, 1.807) is 24.6 Å². The van der Waals surface area contributed by atoms with Crippen molar-refractivity contribution >= 4 is 21.4 Å². The Kier molecular flexibility index (Phi) is 5.38. The Bertz CT molecular complexity index is 1120. The van der Waals surface area contributed by atoms with Gasteiger partial charge >= 0.3 is 0 Å². The molecule has 0 fully saturated rings. The minimum absolute atomic E-state index is 0.375. The van der Waals surface area contributed by atoms with Gasteiger partial charge in [-0.2, -0.15) is 4.31 Å². The van der Waals surface area contributed by atoms with Crippen LogP contribution in [0.2, 0.25) is 0 Å². The van der Waals surface area contributed by atoms with Crippen molar-refractivity contribution in [3.8, 4) is 11.5 Å². The maximum Gasteiger partial charge on any atom is 0.253 e. The number of ether oxygens (including phenoxy) is 2. The van der Waals surface area contributed by atoms with Gasteiger partial charge in [0, 0.05) is 11.4 Å². The zero-order valence-electron chi connectivity index (χ0n) is 16.6. The molecular formula is C22H23NO4S2. The molecule has 4 rings (SSSR count). The lowest BCUT2D eigenvalue weighted by Gasteiger charge is -2.36. The van der Waals surface area contributed by atoms with Crippen LogP contribution in [0.4, 0.5) is 0 Å². The van der Waals surface area contributed by atoms with Crippen LogP contribution in [0.15, 0.2) is 58.8 Å². The highest BCUT2D eigenvalue weighted by Gasteiger charge is 2.38. The van der Waals surface area contributed by atoms with Gasteiger partial charge in [0.25, 0.3) is 10.0 Å². The van der Waals surface area contributed by atoms with Crippen molar-refractivity contribution in [2.75, 3.05) is 20.8 Å². The summed E-state index contributed by atoms with van der Waals surface area (Å²) in [5, 5.41) is 0. The first-order valence-electron chi connectivity index (χ1n) is 9.33. The van der Waals surface area contributed by atoms with Crippen LogP contribution in [0.5, 0.6) is 11.5 Å². The number of aryl methyl sites for hydroxylation is 1. The van der Waals surface area contributed by atoms with E-state index in [9.17, 15) is 8.42 Å². The van der Waals surface area contributed by atoms with Crippen LogP contribution in [0.25, 0.3) is 0 Å². The summed E-state index contributed by atoms with van der Waals surface area (Å²) in [6.45, 7) is 2.32. The van der Waals surface area contributed by atoms with E-state index in [1.165, 1.54) is 11.3 Å². The second-order valence-corrected chi connectivity index (χ2v) is 10.4. The molecule has 1 aromatic heterocycles. The fourth-order valence-corrected chi connectivity index (χ4v) is 6.84. The number of methoxy groups -OCH3 is 2. The molecule has 0 saturated carbocycles. The number of nitrogens with zero attached hydrogens (tertiary/aromatic N) is 1. The van der Waals surface area contributed by atoms with E-state index in [-0.39, 0.29) is 0 Å². The minimum atomic E-state index is -3.64. The van der Waals surface area contributed by atoms with Crippen molar-refractivity contribution in [1.29, 1.82) is 0 Å². The lowest BCUT2D eigenvalue weighted by atomic mass is 9.89. The van der Waals surface area contributed by atoms with E-state index in [2.05, 4.69) is 0 Å². The summed E-state index contributed by atoms with van der Waals surface area (Å²) in [6, 6.07) is 16.7. The summed E-state index contributed by atoms with van der Waals surface area (Å²) in [5.74, 6) is 1.25. The first-order valence-corrected chi connectivity index (χ1v) is 11.6. The summed E-state index contributed by atoms with van der Waals surface area (Å²) in [4.78, 5) is 0.976. The normalized spacial score (nSPS) is 17.0. The molecule has 29 heavy (non-hydrogen) atoms. The average molecular weight is 430 g/mol. The molecule has 1 atom stereocenters. The second kappa shape index (κ2) is 7.82. The van der Waals surface area contributed by atoms with Gasteiger partial charge in [-0.3, -0.25) is 0 Å². The summed E-state index contributed by atoms with van der Waals surface area (Å²) >= 11 is 1.31. The van der Waals surface area contributed by atoms with Gasteiger partial charge in [-0.15, -0.1) is 11.3 Å². The SMILES string of the molecule is COc1cc2c(cc1OC)C(c1ccccc1)N(S(=O)(=O)c1ccc(C)s1)CC2. The number of thiophene rings is 1. The molecular weight excluding hydrogens is 406 g/mol. The molecule has 0 bridgehead atoms. The summed E-state index contributed by atoms with van der Waals surface area (Å²) < 4.78 is 40.1. The Hall–Kier alpha value is -2.35. The van der Waals surface area contributed by atoms with E-state index in [4.69, 9.17) is 9.47 Å². The minimum Gasteiger partial charge on any atom is -0.493 e. The molecule has 3 aromatic rings. The molecule has 0 amide bonds. The van der Waals surface area contributed by atoms with E-state index >= 15 is 0 Å². The van der Waals surface area contributed by atoms with Crippen molar-refractivity contribution in [2.45, 2.75) is 23.6 Å². The van der Waals surface area contributed by atoms with E-state index in [0.717, 1.165) is 21.6 Å². The van der Waals surface area contributed by atoms with Gasteiger partial charge in [0.1, 0.15) is 4.21 Å². The van der Waals surface area contributed by atoms with Gasteiger partial charge in [-0.25, -0.2) is 8.42 Å². The van der Waals surface area contributed by atoms with E-state index < -0.39 is 16.1 Å². The fraction of sp³-hybridized carbons (Fsp3) is 0.273. The molecule has 1 aliphatic rings. The zero-order chi connectivity index (χ0) is 20.6. The highest BCUT2D eigenvalue weighted by molar-refractivity contribution is 7.91. The van der Waals surface area contributed by atoms with Gasteiger partial charge in [0.05, 0.1) is 20.3 Å². The quantitative estimate of drug-likeness (QED) is 0.603. The average Bonchev–Trinajstić information content (AvgIpc) is 3.19. The van der Waals surface area contributed by atoms with Gasteiger partial charge in [0.15, 0.2) is 11.5 Å². The molecule has 1 unspecified atom stereocenters. The molecule has 0 saturated heterocycles. The van der Waals surface area contributed by atoms with E-state index in [0.29, 0.717) is 28.7 Å². The van der Waals surface area contributed by atoms with Crippen LogP contribution in [-0.2, 0) is 16.4 Å². The number of hydrogen-bond acceptors (Lipinski definition) is 5. The number of benzene rings is 2. The molecule has 0 radical (unpaired) electrons. The topological polar surface area (TPSA) is 55.8 Å². The smallest absolute Gasteiger partial charge is 0.253 e. The van der Waals surface area contributed by atoms with Gasteiger partial charge in [0.2, 0.25) is 0 Å². The third-order valence-electron chi connectivity index (χ3n) is 5.22. The van der Waals surface area contributed by atoms with Gasteiger partial charge in [-0.1, -0.05) is 30.3 Å². The zero-order valence-corrected chi connectivity index (χ0v) is 18.2. The number of sulfonamides is 1. The molecule has 2 aromatic carbocycles. The third-order valence-corrected chi connectivity index (χ3v) is 8.56. The highest BCUT2D eigenvalue weighted by atomic mass is 32.2. The first-order chi connectivity index (χ1) is 14.0. The Morgan fingerprint density at radius 2 is 1.69 bits per heavy atom. The van der Waals surface area contributed by atoms with Crippen LogP contribution >= 0.6 is 11.3 Å². The molecule has 0 spiro atoms. The molecule has 0 N–H and O–H groups in total. The van der Waals surface area contributed by atoms with Crippen molar-refractivity contribution < 1.29 is 17.9 Å². The number of fused-ring (bicyclic) bond motifs is 1. The Morgan fingerprint density at radius 1 is 1.00 bits per heavy atom. The van der Waals surface area contributed by atoms with Gasteiger partial charge < -0.3 is 9.47 Å². The second-order valence-electron chi connectivity index (χ2n) is 6.95. The molecule has 0 aliphatic carbocycles. The lowest BCUT2D eigenvalue weighted by molar-refractivity contribution is 0.332. The number of hydrogen-bond donors (Lipinski definition) is 0. The monoisotopic (exact) mass is 429 g/mol. The van der Waals surface area contributed by atoms with E-state index in [1.807, 2.05) is 55.5 Å². The van der Waals surface area contributed by atoms with Crippen molar-refractivity contribution in [1.82, 2.24) is 4.31 Å². The van der Waals surface area contributed by atoms with Gasteiger partial charge in [-0.05, 0) is 54.3 Å². The Labute approximate surface area is 175 Å². The molecule has 7 heteroatoms. The Morgan fingerprint density at radius 3 is 2.31 bits per heavy atom. The maximum absolute atomic E-state index is 13.6. The van der Waals surface area contributed by atoms with Crippen molar-refractivity contribution in [3.63, 3.8) is 0 Å². The fourth-order valence-electron chi connectivity index (χ4n) is 3.83. The third kappa shape index (κ3) is 3.54. The summed E-state index contributed by atoms with van der Waals surface area (Å²) in [7, 11) is -0.437. The molecule has 152 valence electrons. The molecule has 2 heterocycles. The standard InChI is InChI=1S/C22H23NO4S2/c1-15-9-10-21(28-15)29(24,25)23-12-11-17-13-19(26-2)20(27-3)14-18(17)22(23)16-7-5-4-6-8-16/h4-10,13-14,22H,11-12H2,1-3H3. The predicted octanol–water partition coefficient (Wildman–Crippen LogP) is 4.41. The summed E-state index contributed by atoms with van der Waals surface area (Å²) in [6.07, 6.45) is 0.614. The molecule has 5 nitrogen and oxygen atoms in total. The first kappa shape index (κ1) is 19.9.